The number of nitrogens with one attached hydrogen (secondary N) is 3. The van der Waals surface area contributed by atoms with Crippen molar-refractivity contribution in [1.82, 2.24) is 20.8 Å². The van der Waals surface area contributed by atoms with Crippen LogP contribution >= 0.6 is 0 Å². The highest BCUT2D eigenvalue weighted by Crippen LogP contribution is 2.16. The van der Waals surface area contributed by atoms with E-state index in [4.69, 9.17) is 10.6 Å². The highest BCUT2D eigenvalue weighted by molar-refractivity contribution is 5.72. The van der Waals surface area contributed by atoms with E-state index in [0.717, 1.165) is 11.3 Å². The fourth-order valence-electron chi connectivity index (χ4n) is 1.78. The molecule has 0 aliphatic carbocycles. The molecule has 0 aliphatic heterocycles. The Morgan fingerprint density at radius 1 is 1.43 bits per heavy atom. The molecule has 0 spiro atoms. The number of hydrogen-bond donors (Lipinski definition) is 4. The van der Waals surface area contributed by atoms with Crippen LogP contribution in [0.5, 0.6) is 0 Å². The number of aromatic nitrogens is 2. The van der Waals surface area contributed by atoms with Gasteiger partial charge in [-0.3, -0.25) is 4.84 Å². The van der Waals surface area contributed by atoms with Crippen LogP contribution in [0.1, 0.15) is 30.7 Å². The first-order valence-corrected chi connectivity index (χ1v) is 6.71. The van der Waals surface area contributed by atoms with E-state index in [1.165, 1.54) is 0 Å². The minimum Gasteiger partial charge on any atom is -0.399 e. The number of aromatic amines is 1. The molecule has 0 saturated carbocycles. The molecule has 2 rings (SSSR count). The van der Waals surface area contributed by atoms with Crippen LogP contribution in [0.3, 0.4) is 0 Å². The summed E-state index contributed by atoms with van der Waals surface area (Å²) in [5.74, 6) is 0. The van der Waals surface area contributed by atoms with Crippen molar-refractivity contribution in [2.75, 3.05) is 5.73 Å². The molecule has 7 nitrogen and oxygen atoms in total. The number of benzene rings is 1. The Bertz CT molecular complexity index is 553. The zero-order valence-electron chi connectivity index (χ0n) is 11.8. The van der Waals surface area contributed by atoms with E-state index in [0.29, 0.717) is 18.7 Å². The molecule has 7 heteroatoms. The maximum atomic E-state index is 11.7. The molecule has 0 radical (unpaired) electrons. The van der Waals surface area contributed by atoms with Crippen LogP contribution in [0.2, 0.25) is 0 Å². The van der Waals surface area contributed by atoms with Crippen molar-refractivity contribution in [3.8, 4) is 0 Å². The third kappa shape index (κ3) is 4.50. The van der Waals surface area contributed by atoms with E-state index in [-0.39, 0.29) is 6.10 Å². The average molecular weight is 289 g/mol. The van der Waals surface area contributed by atoms with Gasteiger partial charge in [-0.05, 0) is 24.1 Å². The number of nitrogen functional groups attached to an aromatic ring is 1. The Morgan fingerprint density at radius 3 is 2.81 bits per heavy atom. The van der Waals surface area contributed by atoms with Gasteiger partial charge in [-0.25, -0.2) is 15.3 Å². The van der Waals surface area contributed by atoms with Gasteiger partial charge in [0.25, 0.3) is 0 Å². The van der Waals surface area contributed by atoms with Gasteiger partial charge in [-0.15, -0.1) is 0 Å². The molecule has 2 amide bonds. The largest absolute Gasteiger partial charge is 0.399 e. The van der Waals surface area contributed by atoms with E-state index in [2.05, 4.69) is 20.8 Å². The maximum absolute atomic E-state index is 11.7. The molecule has 5 N–H and O–H groups in total. The summed E-state index contributed by atoms with van der Waals surface area (Å²) in [7, 11) is 0. The quantitative estimate of drug-likeness (QED) is 0.481. The molecule has 1 unspecified atom stereocenters. The fraction of sp³-hybridized carbons (Fsp3) is 0.286. The second kappa shape index (κ2) is 7.30. The first-order valence-electron chi connectivity index (χ1n) is 6.71. The number of hydroxylamine groups is 1. The van der Waals surface area contributed by atoms with E-state index in [1.807, 2.05) is 19.1 Å². The van der Waals surface area contributed by atoms with Crippen LogP contribution in [-0.2, 0) is 11.4 Å². The van der Waals surface area contributed by atoms with Crippen molar-refractivity contribution in [2.24, 2.45) is 0 Å². The maximum Gasteiger partial charge on any atom is 0.338 e. The summed E-state index contributed by atoms with van der Waals surface area (Å²) in [6.45, 7) is 2.35. The van der Waals surface area contributed by atoms with Gasteiger partial charge < -0.3 is 16.0 Å². The molecule has 1 atom stereocenters. The molecule has 0 bridgehead atoms. The summed E-state index contributed by atoms with van der Waals surface area (Å²) >= 11 is 0. The van der Waals surface area contributed by atoms with Gasteiger partial charge >= 0.3 is 6.03 Å². The Morgan fingerprint density at radius 2 is 2.19 bits per heavy atom. The van der Waals surface area contributed by atoms with Gasteiger partial charge in [0.1, 0.15) is 6.10 Å². The summed E-state index contributed by atoms with van der Waals surface area (Å²) in [5, 5.41) is 2.70. The predicted molar refractivity (Wildman–Crippen MR) is 78.9 cm³/mol. The topological polar surface area (TPSA) is 105 Å². The van der Waals surface area contributed by atoms with Crippen molar-refractivity contribution in [3.63, 3.8) is 0 Å². The molecular formula is C14H19N5O2. The number of urea groups is 1. The van der Waals surface area contributed by atoms with Crippen molar-refractivity contribution in [2.45, 2.75) is 26.0 Å². The van der Waals surface area contributed by atoms with Crippen LogP contribution in [0.25, 0.3) is 0 Å². The lowest BCUT2D eigenvalue weighted by Crippen LogP contribution is -2.36. The Labute approximate surface area is 122 Å². The monoisotopic (exact) mass is 289 g/mol. The van der Waals surface area contributed by atoms with E-state index in [9.17, 15) is 4.79 Å². The zero-order valence-corrected chi connectivity index (χ0v) is 11.8. The summed E-state index contributed by atoms with van der Waals surface area (Å²) in [6.07, 6.45) is 3.73. The zero-order chi connectivity index (χ0) is 15.1. The molecule has 1 aromatic carbocycles. The standard InChI is InChI=1S/C14H19N5O2/c1-2-13(12-8-16-9-18-12)21-19-14(20)17-7-10-3-5-11(15)6-4-10/h3-6,8-9,13H,2,7,15H2,1H3,(H,16,18)(H2,17,19,20). The smallest absolute Gasteiger partial charge is 0.338 e. The summed E-state index contributed by atoms with van der Waals surface area (Å²) in [5.41, 5.74) is 10.4. The summed E-state index contributed by atoms with van der Waals surface area (Å²) < 4.78 is 0. The minimum absolute atomic E-state index is 0.279. The molecule has 112 valence electrons. The van der Waals surface area contributed by atoms with Gasteiger partial charge in [-0.2, -0.15) is 0 Å². The van der Waals surface area contributed by atoms with Gasteiger partial charge in [0.2, 0.25) is 0 Å². The number of anilines is 1. The van der Waals surface area contributed by atoms with Crippen LogP contribution in [0, 0.1) is 0 Å². The number of amides is 2. The fourth-order valence-corrected chi connectivity index (χ4v) is 1.78. The molecular weight excluding hydrogens is 270 g/mol. The van der Waals surface area contributed by atoms with Gasteiger partial charge in [0.05, 0.1) is 12.0 Å². The Balaban J connectivity index is 1.75. The summed E-state index contributed by atoms with van der Waals surface area (Å²) in [4.78, 5) is 24.0. The summed E-state index contributed by atoms with van der Waals surface area (Å²) in [6, 6.07) is 6.89. The van der Waals surface area contributed by atoms with Crippen molar-refractivity contribution < 1.29 is 9.63 Å². The second-order valence-electron chi connectivity index (χ2n) is 4.54. The van der Waals surface area contributed by atoms with Crippen LogP contribution in [0.4, 0.5) is 10.5 Å². The molecule has 1 heterocycles. The third-order valence-electron chi connectivity index (χ3n) is 2.95. The number of hydrogen-bond acceptors (Lipinski definition) is 4. The van der Waals surface area contributed by atoms with E-state index < -0.39 is 6.03 Å². The molecule has 0 saturated heterocycles. The SMILES string of the molecule is CCC(ONC(=O)NCc1ccc(N)cc1)c1c[nH]cn1. The molecule has 2 aromatic rings. The number of H-pyrrole nitrogens is 1. The first-order chi connectivity index (χ1) is 10.2. The minimum atomic E-state index is -0.402. The number of carbonyl (C=O) groups excluding carboxylic acids is 1. The first kappa shape index (κ1) is 14.9. The van der Waals surface area contributed by atoms with Crippen LogP contribution < -0.4 is 16.5 Å². The van der Waals surface area contributed by atoms with Crippen LogP contribution in [0.15, 0.2) is 36.8 Å². The van der Waals surface area contributed by atoms with Gasteiger partial charge in [0, 0.05) is 18.4 Å². The number of nitrogens with two attached hydrogens (primary N) is 1. The average Bonchev–Trinajstić information content (AvgIpc) is 3.01. The predicted octanol–water partition coefficient (Wildman–Crippen LogP) is 1.87. The molecule has 0 aliphatic rings. The highest BCUT2D eigenvalue weighted by atomic mass is 16.7. The number of rotatable bonds is 6. The van der Waals surface area contributed by atoms with Crippen LogP contribution in [-0.4, -0.2) is 16.0 Å². The highest BCUT2D eigenvalue weighted by Gasteiger charge is 2.13. The third-order valence-corrected chi connectivity index (χ3v) is 2.95. The second-order valence-corrected chi connectivity index (χ2v) is 4.54. The van der Waals surface area contributed by atoms with E-state index in [1.54, 1.807) is 24.7 Å². The lowest BCUT2D eigenvalue weighted by molar-refractivity contribution is -0.00967. The number of imidazole rings is 1. The number of carbonyl (C=O) groups is 1. The van der Waals surface area contributed by atoms with Crippen molar-refractivity contribution >= 4 is 11.7 Å². The molecule has 21 heavy (non-hydrogen) atoms. The lowest BCUT2D eigenvalue weighted by atomic mass is 10.2. The molecule has 1 aromatic heterocycles. The normalized spacial score (nSPS) is 11.9. The Kier molecular flexibility index (Phi) is 5.16. The van der Waals surface area contributed by atoms with E-state index >= 15 is 0 Å². The number of nitrogens with zero attached hydrogens (tertiary/aromatic N) is 1. The van der Waals surface area contributed by atoms with Crippen molar-refractivity contribution in [1.29, 1.82) is 0 Å². The van der Waals surface area contributed by atoms with Gasteiger partial charge in [0.15, 0.2) is 0 Å². The Hall–Kier alpha value is -2.54. The van der Waals surface area contributed by atoms with Crippen molar-refractivity contribution in [3.05, 3.63) is 48.0 Å². The molecule has 0 fully saturated rings. The lowest BCUT2D eigenvalue weighted by Gasteiger charge is -2.14. The van der Waals surface area contributed by atoms with Gasteiger partial charge in [-0.1, -0.05) is 19.1 Å².